The number of benzene rings is 2. The minimum atomic E-state index is -0.810. The highest BCUT2D eigenvalue weighted by Gasteiger charge is 2.37. The number of carbonyl (C=O) groups excluding carboxylic acids is 2. The molecule has 0 bridgehead atoms. The molecule has 6 heteroatoms. The quantitative estimate of drug-likeness (QED) is 0.865. The molecular formula is C18H15F2NO3. The van der Waals surface area contributed by atoms with E-state index >= 15 is 0 Å². The Labute approximate surface area is 137 Å². The van der Waals surface area contributed by atoms with E-state index in [1.165, 1.54) is 6.07 Å². The lowest BCUT2D eigenvalue weighted by molar-refractivity contribution is -0.128. The molecule has 1 atom stereocenters. The summed E-state index contributed by atoms with van der Waals surface area (Å²) in [5.41, 5.74) is 1.01. The third-order valence-corrected chi connectivity index (χ3v) is 3.90. The van der Waals surface area contributed by atoms with Crippen LogP contribution in [0.4, 0.5) is 13.6 Å². The monoisotopic (exact) mass is 331 g/mol. The van der Waals surface area contributed by atoms with Crippen LogP contribution in [0.25, 0.3) is 0 Å². The predicted molar refractivity (Wildman–Crippen MR) is 82.2 cm³/mol. The zero-order valence-electron chi connectivity index (χ0n) is 12.7. The van der Waals surface area contributed by atoms with E-state index in [4.69, 9.17) is 4.74 Å². The summed E-state index contributed by atoms with van der Waals surface area (Å²) in [5, 5.41) is 0. The van der Waals surface area contributed by atoms with Crippen molar-refractivity contribution < 1.29 is 23.1 Å². The second-order valence-corrected chi connectivity index (χ2v) is 5.60. The van der Waals surface area contributed by atoms with E-state index < -0.39 is 29.7 Å². The first kappa shape index (κ1) is 16.1. The van der Waals surface area contributed by atoms with Crippen molar-refractivity contribution in [1.82, 2.24) is 4.90 Å². The number of cyclic esters (lactones) is 1. The lowest BCUT2D eigenvalue weighted by atomic mass is 10.0. The van der Waals surface area contributed by atoms with Gasteiger partial charge in [0.25, 0.3) is 0 Å². The maximum absolute atomic E-state index is 13.7. The third kappa shape index (κ3) is 3.42. The summed E-state index contributed by atoms with van der Waals surface area (Å²) >= 11 is 0. The molecule has 2 aromatic carbocycles. The molecule has 1 fully saturated rings. The molecule has 0 unspecified atom stereocenters. The molecule has 124 valence electrons. The van der Waals surface area contributed by atoms with Crippen molar-refractivity contribution in [2.45, 2.75) is 18.9 Å². The second kappa shape index (κ2) is 6.78. The smallest absolute Gasteiger partial charge is 0.416 e. The number of ether oxygens (including phenoxy) is 1. The Kier molecular flexibility index (Phi) is 4.55. The van der Waals surface area contributed by atoms with E-state index in [0.717, 1.165) is 16.5 Å². The van der Waals surface area contributed by atoms with E-state index in [1.54, 1.807) is 0 Å². The highest BCUT2D eigenvalue weighted by Crippen LogP contribution is 2.20. The normalized spacial score (nSPS) is 17.0. The van der Waals surface area contributed by atoms with Gasteiger partial charge in [0.1, 0.15) is 18.2 Å². The summed E-state index contributed by atoms with van der Waals surface area (Å²) in [4.78, 5) is 25.3. The number of imide groups is 1. The first-order valence-corrected chi connectivity index (χ1v) is 7.51. The topological polar surface area (TPSA) is 46.6 Å². The maximum Gasteiger partial charge on any atom is 0.416 e. The fourth-order valence-corrected chi connectivity index (χ4v) is 2.72. The first-order chi connectivity index (χ1) is 11.5. The second-order valence-electron chi connectivity index (χ2n) is 5.60. The molecule has 0 aromatic heterocycles. The molecule has 0 spiro atoms. The summed E-state index contributed by atoms with van der Waals surface area (Å²) in [6.07, 6.45) is -0.597. The van der Waals surface area contributed by atoms with Gasteiger partial charge in [-0.15, -0.1) is 0 Å². The van der Waals surface area contributed by atoms with Gasteiger partial charge < -0.3 is 4.74 Å². The van der Waals surface area contributed by atoms with E-state index in [0.29, 0.717) is 12.5 Å². The van der Waals surface area contributed by atoms with Gasteiger partial charge in [-0.05, 0) is 23.6 Å². The molecular weight excluding hydrogens is 316 g/mol. The number of rotatable bonds is 4. The van der Waals surface area contributed by atoms with Crippen molar-refractivity contribution in [3.63, 3.8) is 0 Å². The Bertz CT molecular complexity index is 764. The number of hydrogen-bond donors (Lipinski definition) is 0. The molecule has 24 heavy (non-hydrogen) atoms. The van der Waals surface area contributed by atoms with Crippen LogP contribution < -0.4 is 0 Å². The zero-order chi connectivity index (χ0) is 17.1. The minimum Gasteiger partial charge on any atom is -0.447 e. The molecule has 2 aromatic rings. The van der Waals surface area contributed by atoms with Crippen molar-refractivity contribution in [3.8, 4) is 0 Å². The van der Waals surface area contributed by atoms with Crippen molar-refractivity contribution in [3.05, 3.63) is 71.3 Å². The van der Waals surface area contributed by atoms with Crippen molar-refractivity contribution in [2.75, 3.05) is 6.61 Å². The summed E-state index contributed by atoms with van der Waals surface area (Å²) in [6.45, 7) is 0.103. The third-order valence-electron chi connectivity index (χ3n) is 3.90. The van der Waals surface area contributed by atoms with Crippen molar-refractivity contribution in [1.29, 1.82) is 0 Å². The molecule has 2 amide bonds. The van der Waals surface area contributed by atoms with Crippen molar-refractivity contribution >= 4 is 12.0 Å². The Morgan fingerprint density at radius 1 is 1.17 bits per heavy atom. The summed E-state index contributed by atoms with van der Waals surface area (Å²) in [5.74, 6) is -2.09. The van der Waals surface area contributed by atoms with E-state index in [2.05, 4.69) is 0 Å². The molecule has 4 nitrogen and oxygen atoms in total. The van der Waals surface area contributed by atoms with Gasteiger partial charge in [-0.25, -0.2) is 18.5 Å². The Balaban J connectivity index is 1.75. The molecule has 3 rings (SSSR count). The van der Waals surface area contributed by atoms with Crippen LogP contribution in [0, 0.1) is 11.6 Å². The molecule has 1 heterocycles. The maximum atomic E-state index is 13.7. The Morgan fingerprint density at radius 2 is 1.92 bits per heavy atom. The van der Waals surface area contributed by atoms with Gasteiger partial charge in [0.2, 0.25) is 5.91 Å². The molecule has 0 N–H and O–H groups in total. The number of carbonyl (C=O) groups is 2. The molecule has 1 aliphatic heterocycles. The van der Waals surface area contributed by atoms with E-state index in [-0.39, 0.29) is 18.6 Å². The van der Waals surface area contributed by atoms with Crippen LogP contribution in [0.1, 0.15) is 11.1 Å². The molecule has 1 aliphatic rings. The average molecular weight is 331 g/mol. The number of hydrogen-bond acceptors (Lipinski definition) is 3. The van der Waals surface area contributed by atoms with Crippen LogP contribution in [0.5, 0.6) is 0 Å². The molecule has 0 radical (unpaired) electrons. The number of nitrogens with zero attached hydrogens (tertiary/aromatic N) is 1. The van der Waals surface area contributed by atoms with Crippen molar-refractivity contribution in [2.24, 2.45) is 0 Å². The van der Waals surface area contributed by atoms with E-state index in [9.17, 15) is 18.4 Å². The summed E-state index contributed by atoms with van der Waals surface area (Å²) < 4.78 is 31.6. The standard InChI is InChI=1S/C18H15F2NO3/c19-14-7-6-13(16(20)10-14)9-17(22)21-15(11-24-18(21)23)8-12-4-2-1-3-5-12/h1-7,10,15H,8-9,11H2/t15-/m1/s1. The SMILES string of the molecule is O=C(Cc1ccc(F)cc1F)N1C(=O)OC[C@H]1Cc1ccccc1. The fraction of sp³-hybridized carbons (Fsp3) is 0.222. The average Bonchev–Trinajstić information content (AvgIpc) is 2.91. The molecule has 1 saturated heterocycles. The van der Waals surface area contributed by atoms with Crippen LogP contribution in [-0.4, -0.2) is 29.5 Å². The molecule has 0 aliphatic carbocycles. The highest BCUT2D eigenvalue weighted by molar-refractivity contribution is 5.94. The fourth-order valence-electron chi connectivity index (χ4n) is 2.72. The zero-order valence-corrected chi connectivity index (χ0v) is 12.7. The largest absolute Gasteiger partial charge is 0.447 e. The predicted octanol–water partition coefficient (Wildman–Crippen LogP) is 3.10. The van der Waals surface area contributed by atoms with Crippen LogP contribution in [0.2, 0.25) is 0 Å². The summed E-state index contributed by atoms with van der Waals surface area (Å²) in [7, 11) is 0. The van der Waals surface area contributed by atoms with Gasteiger partial charge in [0.05, 0.1) is 12.5 Å². The van der Waals surface area contributed by atoms with Gasteiger partial charge in [0.15, 0.2) is 0 Å². The van der Waals surface area contributed by atoms with Gasteiger partial charge in [0, 0.05) is 6.07 Å². The van der Waals surface area contributed by atoms with Crippen LogP contribution in [0.3, 0.4) is 0 Å². The first-order valence-electron chi connectivity index (χ1n) is 7.51. The van der Waals surface area contributed by atoms with Gasteiger partial charge in [-0.2, -0.15) is 0 Å². The van der Waals surface area contributed by atoms with Crippen LogP contribution in [0.15, 0.2) is 48.5 Å². The lowest BCUT2D eigenvalue weighted by Crippen LogP contribution is -2.41. The van der Waals surface area contributed by atoms with Gasteiger partial charge >= 0.3 is 6.09 Å². The minimum absolute atomic E-state index is 0.0413. The molecule has 0 saturated carbocycles. The van der Waals surface area contributed by atoms with Gasteiger partial charge in [-0.1, -0.05) is 36.4 Å². The summed E-state index contributed by atoms with van der Waals surface area (Å²) in [6, 6.07) is 12.0. The Hall–Kier alpha value is -2.76. The van der Waals surface area contributed by atoms with E-state index in [1.807, 2.05) is 30.3 Å². The highest BCUT2D eigenvalue weighted by atomic mass is 19.1. The lowest BCUT2D eigenvalue weighted by Gasteiger charge is -2.19. The van der Waals surface area contributed by atoms with Crippen LogP contribution in [-0.2, 0) is 22.4 Å². The number of amides is 2. The Morgan fingerprint density at radius 3 is 2.62 bits per heavy atom. The number of halogens is 2. The van der Waals surface area contributed by atoms with Gasteiger partial charge in [-0.3, -0.25) is 4.79 Å². The van der Waals surface area contributed by atoms with Crippen LogP contribution >= 0.6 is 0 Å².